The molecule has 0 aliphatic heterocycles. The van der Waals surface area contributed by atoms with E-state index in [0.29, 0.717) is 17.8 Å². The van der Waals surface area contributed by atoms with Crippen molar-refractivity contribution >= 4 is 28.3 Å². The molecule has 0 radical (unpaired) electrons. The van der Waals surface area contributed by atoms with Gasteiger partial charge < -0.3 is 10.1 Å². The minimum absolute atomic E-state index is 0.163. The third-order valence-corrected chi connectivity index (χ3v) is 4.03. The summed E-state index contributed by atoms with van der Waals surface area (Å²) in [7, 11) is 1.63. The Hall–Kier alpha value is -2.31. The highest BCUT2D eigenvalue weighted by Gasteiger charge is 2.14. The molecule has 2 aromatic heterocycles. The van der Waals surface area contributed by atoms with Crippen molar-refractivity contribution in [2.45, 2.75) is 6.10 Å². The molecule has 1 aromatic carbocycles. The number of hydrogen-bond acceptors (Lipinski definition) is 5. The molecule has 1 N–H and O–H groups in total. The number of rotatable bonds is 5. The van der Waals surface area contributed by atoms with Crippen LogP contribution in [-0.4, -0.2) is 29.5 Å². The van der Waals surface area contributed by atoms with Gasteiger partial charge in [0.25, 0.3) is 5.91 Å². The molecule has 0 bridgehead atoms. The van der Waals surface area contributed by atoms with E-state index in [-0.39, 0.29) is 12.0 Å². The monoisotopic (exact) mass is 313 g/mol. The first-order chi connectivity index (χ1) is 10.8. The number of carbonyl (C=O) groups excluding carboxylic acids is 1. The standard InChI is InChI=1S/C16H15N3O2S/c1-21-15(11-6-7-22-10-11)9-18-16(20)14-8-17-12-4-2-3-5-13(12)19-14/h2-8,10,15H,9H2,1H3,(H,18,20). The second-order valence-electron chi connectivity index (χ2n) is 4.74. The summed E-state index contributed by atoms with van der Waals surface area (Å²) in [6.45, 7) is 0.389. The summed E-state index contributed by atoms with van der Waals surface area (Å²) in [5.41, 5.74) is 2.83. The Bertz CT molecular complexity index is 774. The molecule has 1 atom stereocenters. The van der Waals surface area contributed by atoms with E-state index in [2.05, 4.69) is 15.3 Å². The van der Waals surface area contributed by atoms with Gasteiger partial charge in [-0.1, -0.05) is 12.1 Å². The van der Waals surface area contributed by atoms with E-state index in [4.69, 9.17) is 4.74 Å². The maximum Gasteiger partial charge on any atom is 0.271 e. The lowest BCUT2D eigenvalue weighted by Gasteiger charge is -2.14. The van der Waals surface area contributed by atoms with Crippen LogP contribution in [0.1, 0.15) is 22.2 Å². The average Bonchev–Trinajstić information content (AvgIpc) is 3.09. The number of amides is 1. The van der Waals surface area contributed by atoms with Crippen molar-refractivity contribution in [1.29, 1.82) is 0 Å². The van der Waals surface area contributed by atoms with Crippen molar-refractivity contribution < 1.29 is 9.53 Å². The first-order valence-electron chi connectivity index (χ1n) is 6.83. The largest absolute Gasteiger partial charge is 0.375 e. The highest BCUT2D eigenvalue weighted by Crippen LogP contribution is 2.18. The van der Waals surface area contributed by atoms with Gasteiger partial charge in [0.05, 0.1) is 17.2 Å². The lowest BCUT2D eigenvalue weighted by atomic mass is 10.2. The van der Waals surface area contributed by atoms with Crippen molar-refractivity contribution in [3.63, 3.8) is 0 Å². The van der Waals surface area contributed by atoms with Crippen LogP contribution in [0, 0.1) is 0 Å². The van der Waals surface area contributed by atoms with Crippen LogP contribution in [-0.2, 0) is 4.74 Å². The minimum Gasteiger partial charge on any atom is -0.375 e. The fourth-order valence-electron chi connectivity index (χ4n) is 2.14. The summed E-state index contributed by atoms with van der Waals surface area (Å²) in [6.07, 6.45) is 1.33. The van der Waals surface area contributed by atoms with Crippen molar-refractivity contribution in [3.8, 4) is 0 Å². The molecule has 0 saturated heterocycles. The van der Waals surface area contributed by atoms with Crippen molar-refractivity contribution in [3.05, 3.63) is 58.5 Å². The van der Waals surface area contributed by atoms with Crippen LogP contribution in [0.15, 0.2) is 47.3 Å². The van der Waals surface area contributed by atoms with Gasteiger partial charge in [0.2, 0.25) is 0 Å². The lowest BCUT2D eigenvalue weighted by Crippen LogP contribution is -2.29. The van der Waals surface area contributed by atoms with E-state index < -0.39 is 0 Å². The van der Waals surface area contributed by atoms with E-state index in [1.54, 1.807) is 18.4 Å². The Labute approximate surface area is 132 Å². The zero-order chi connectivity index (χ0) is 15.4. The van der Waals surface area contributed by atoms with Crippen molar-refractivity contribution in [2.75, 3.05) is 13.7 Å². The third-order valence-electron chi connectivity index (χ3n) is 3.33. The van der Waals surface area contributed by atoms with Gasteiger partial charge in [0.15, 0.2) is 0 Å². The molecule has 3 rings (SSSR count). The predicted octanol–water partition coefficient (Wildman–Crippen LogP) is 2.81. The molecule has 0 aliphatic rings. The number of thiophene rings is 1. The Kier molecular flexibility index (Phi) is 4.41. The Morgan fingerprint density at radius 2 is 2.14 bits per heavy atom. The van der Waals surface area contributed by atoms with Crippen LogP contribution in [0.2, 0.25) is 0 Å². The predicted molar refractivity (Wildman–Crippen MR) is 85.9 cm³/mol. The first-order valence-corrected chi connectivity index (χ1v) is 7.77. The number of para-hydroxylation sites is 2. The second kappa shape index (κ2) is 6.64. The topological polar surface area (TPSA) is 64.1 Å². The molecular weight excluding hydrogens is 298 g/mol. The smallest absolute Gasteiger partial charge is 0.271 e. The fraction of sp³-hybridized carbons (Fsp3) is 0.188. The minimum atomic E-state index is -0.254. The van der Waals surface area contributed by atoms with Crippen LogP contribution < -0.4 is 5.32 Å². The van der Waals surface area contributed by atoms with Gasteiger partial charge >= 0.3 is 0 Å². The zero-order valence-corrected chi connectivity index (χ0v) is 12.8. The maximum atomic E-state index is 12.2. The van der Waals surface area contributed by atoms with Crippen LogP contribution >= 0.6 is 11.3 Å². The summed E-state index contributed by atoms with van der Waals surface area (Å²) in [5, 5.41) is 6.84. The molecule has 0 fully saturated rings. The number of aromatic nitrogens is 2. The first kappa shape index (κ1) is 14.6. The van der Waals surface area contributed by atoms with Gasteiger partial charge in [0.1, 0.15) is 11.8 Å². The normalized spacial score (nSPS) is 12.2. The SMILES string of the molecule is COC(CNC(=O)c1cnc2ccccc2n1)c1ccsc1. The number of fused-ring (bicyclic) bond motifs is 1. The molecule has 2 heterocycles. The van der Waals surface area contributed by atoms with Gasteiger partial charge in [-0.25, -0.2) is 4.98 Å². The summed E-state index contributed by atoms with van der Waals surface area (Å²) < 4.78 is 5.41. The van der Waals surface area contributed by atoms with Gasteiger partial charge in [-0.2, -0.15) is 11.3 Å². The van der Waals surface area contributed by atoms with Crippen LogP contribution in [0.4, 0.5) is 0 Å². The van der Waals surface area contributed by atoms with Crippen LogP contribution in [0.5, 0.6) is 0 Å². The van der Waals surface area contributed by atoms with Gasteiger partial charge in [0, 0.05) is 13.7 Å². The summed E-state index contributed by atoms with van der Waals surface area (Å²) in [6, 6.07) is 9.45. The highest BCUT2D eigenvalue weighted by atomic mass is 32.1. The Morgan fingerprint density at radius 3 is 2.86 bits per heavy atom. The zero-order valence-electron chi connectivity index (χ0n) is 12.0. The third kappa shape index (κ3) is 3.13. The molecule has 6 heteroatoms. The number of carbonyl (C=O) groups is 1. The summed E-state index contributed by atoms with van der Waals surface area (Å²) in [4.78, 5) is 20.8. The summed E-state index contributed by atoms with van der Waals surface area (Å²) in [5.74, 6) is -0.254. The molecule has 1 amide bonds. The van der Waals surface area contributed by atoms with E-state index >= 15 is 0 Å². The van der Waals surface area contributed by atoms with E-state index in [0.717, 1.165) is 11.1 Å². The molecular formula is C16H15N3O2S. The fourth-order valence-corrected chi connectivity index (χ4v) is 2.84. The lowest BCUT2D eigenvalue weighted by molar-refractivity contribution is 0.0825. The Morgan fingerprint density at radius 1 is 1.32 bits per heavy atom. The number of ether oxygens (including phenoxy) is 1. The van der Waals surface area contributed by atoms with E-state index in [9.17, 15) is 4.79 Å². The molecule has 5 nitrogen and oxygen atoms in total. The number of hydrogen-bond donors (Lipinski definition) is 1. The molecule has 0 spiro atoms. The average molecular weight is 313 g/mol. The van der Waals surface area contributed by atoms with Gasteiger partial charge in [-0.15, -0.1) is 0 Å². The summed E-state index contributed by atoms with van der Waals surface area (Å²) >= 11 is 1.60. The van der Waals surface area contributed by atoms with Crippen LogP contribution in [0.3, 0.4) is 0 Å². The van der Waals surface area contributed by atoms with Gasteiger partial charge in [-0.05, 0) is 34.5 Å². The number of nitrogens with one attached hydrogen (secondary N) is 1. The van der Waals surface area contributed by atoms with Gasteiger partial charge in [-0.3, -0.25) is 9.78 Å². The van der Waals surface area contributed by atoms with Crippen molar-refractivity contribution in [1.82, 2.24) is 15.3 Å². The molecule has 3 aromatic rings. The van der Waals surface area contributed by atoms with Crippen LogP contribution in [0.25, 0.3) is 11.0 Å². The number of benzene rings is 1. The second-order valence-corrected chi connectivity index (χ2v) is 5.52. The number of methoxy groups -OCH3 is 1. The molecule has 0 saturated carbocycles. The quantitative estimate of drug-likeness (QED) is 0.786. The maximum absolute atomic E-state index is 12.2. The highest BCUT2D eigenvalue weighted by molar-refractivity contribution is 7.07. The molecule has 1 unspecified atom stereocenters. The molecule has 22 heavy (non-hydrogen) atoms. The van der Waals surface area contributed by atoms with Crippen molar-refractivity contribution in [2.24, 2.45) is 0 Å². The number of nitrogens with zero attached hydrogens (tertiary/aromatic N) is 2. The molecule has 112 valence electrons. The molecule has 0 aliphatic carbocycles. The van der Waals surface area contributed by atoms with E-state index in [1.807, 2.05) is 41.1 Å². The Balaban J connectivity index is 1.70. The van der Waals surface area contributed by atoms with E-state index in [1.165, 1.54) is 6.20 Å².